The Morgan fingerprint density at radius 3 is 2.88 bits per heavy atom. The Morgan fingerprint density at radius 2 is 2.15 bits per heavy atom. The molecule has 0 aliphatic carbocycles. The van der Waals surface area contributed by atoms with Gasteiger partial charge in [-0.15, -0.1) is 0 Å². The van der Waals surface area contributed by atoms with Crippen LogP contribution in [0.15, 0.2) is 42.5 Å². The van der Waals surface area contributed by atoms with Gasteiger partial charge in [0.15, 0.2) is 0 Å². The number of benzene rings is 1. The van der Waals surface area contributed by atoms with Gasteiger partial charge >= 0.3 is 5.97 Å². The lowest BCUT2D eigenvalue weighted by atomic mass is 10.0. The number of ether oxygens (including phenoxy) is 1. The van der Waals surface area contributed by atoms with E-state index < -0.39 is 11.9 Å². The monoisotopic (exact) mass is 348 g/mol. The molecule has 1 aliphatic heterocycles. The van der Waals surface area contributed by atoms with Crippen molar-refractivity contribution in [3.05, 3.63) is 53.6 Å². The SMILES string of the molecule is CCC(C=Cc1c2n(c3ccc(OC)nc13)Cc1ccccc1-2)C(=O)O. The van der Waals surface area contributed by atoms with Crippen molar-refractivity contribution in [2.24, 2.45) is 5.92 Å². The third-order valence-electron chi connectivity index (χ3n) is 4.98. The van der Waals surface area contributed by atoms with Crippen molar-refractivity contribution in [2.75, 3.05) is 7.11 Å². The van der Waals surface area contributed by atoms with Gasteiger partial charge < -0.3 is 14.4 Å². The Morgan fingerprint density at radius 1 is 1.35 bits per heavy atom. The minimum atomic E-state index is -0.810. The van der Waals surface area contributed by atoms with E-state index in [0.29, 0.717) is 12.3 Å². The van der Waals surface area contributed by atoms with Crippen molar-refractivity contribution in [2.45, 2.75) is 19.9 Å². The van der Waals surface area contributed by atoms with Crippen molar-refractivity contribution in [3.8, 4) is 17.1 Å². The topological polar surface area (TPSA) is 64.4 Å². The zero-order chi connectivity index (χ0) is 18.3. The number of carbonyl (C=O) groups is 1. The van der Waals surface area contributed by atoms with Gasteiger partial charge in [0.25, 0.3) is 0 Å². The molecule has 1 aromatic carbocycles. The first-order valence-electron chi connectivity index (χ1n) is 8.70. The molecule has 0 amide bonds. The fraction of sp³-hybridized carbons (Fsp3) is 0.238. The van der Waals surface area contributed by atoms with Crippen LogP contribution in [0, 0.1) is 5.92 Å². The van der Waals surface area contributed by atoms with E-state index in [1.165, 1.54) is 11.1 Å². The van der Waals surface area contributed by atoms with Gasteiger partial charge in [0.2, 0.25) is 5.88 Å². The maximum absolute atomic E-state index is 11.4. The van der Waals surface area contributed by atoms with Crippen LogP contribution >= 0.6 is 0 Å². The van der Waals surface area contributed by atoms with Gasteiger partial charge in [-0.1, -0.05) is 43.3 Å². The van der Waals surface area contributed by atoms with E-state index >= 15 is 0 Å². The highest BCUT2D eigenvalue weighted by atomic mass is 16.5. The van der Waals surface area contributed by atoms with Crippen molar-refractivity contribution in [3.63, 3.8) is 0 Å². The number of carboxylic acids is 1. The van der Waals surface area contributed by atoms with Crippen LogP contribution in [0.5, 0.6) is 5.88 Å². The minimum absolute atomic E-state index is 0.511. The first-order chi connectivity index (χ1) is 12.6. The molecular formula is C21H20N2O3. The Balaban J connectivity index is 1.95. The smallest absolute Gasteiger partial charge is 0.310 e. The third kappa shape index (κ3) is 2.47. The van der Waals surface area contributed by atoms with E-state index in [2.05, 4.69) is 21.7 Å². The highest BCUT2D eigenvalue weighted by molar-refractivity contribution is 5.97. The number of carboxylic acid groups (broad SMARTS) is 1. The Bertz CT molecular complexity index is 1030. The van der Waals surface area contributed by atoms with Crippen LogP contribution in [-0.2, 0) is 11.3 Å². The first-order valence-corrected chi connectivity index (χ1v) is 8.70. The summed E-state index contributed by atoms with van der Waals surface area (Å²) in [4.78, 5) is 16.0. The molecule has 4 rings (SSSR count). The zero-order valence-electron chi connectivity index (χ0n) is 14.8. The lowest BCUT2D eigenvalue weighted by Crippen LogP contribution is -2.09. The molecule has 2 aromatic heterocycles. The molecule has 1 atom stereocenters. The molecule has 0 radical (unpaired) electrons. The predicted octanol–water partition coefficient (Wildman–Crippen LogP) is 4.20. The molecule has 5 heteroatoms. The van der Waals surface area contributed by atoms with Crippen LogP contribution < -0.4 is 4.74 Å². The van der Waals surface area contributed by atoms with Crippen molar-refractivity contribution in [1.29, 1.82) is 0 Å². The number of rotatable bonds is 5. The van der Waals surface area contributed by atoms with E-state index in [1.54, 1.807) is 13.2 Å². The average molecular weight is 348 g/mol. The quantitative estimate of drug-likeness (QED) is 0.587. The maximum atomic E-state index is 11.4. The van der Waals surface area contributed by atoms with Crippen molar-refractivity contribution < 1.29 is 14.6 Å². The lowest BCUT2D eigenvalue weighted by Gasteiger charge is -2.04. The summed E-state index contributed by atoms with van der Waals surface area (Å²) in [6.45, 7) is 2.67. The Labute approximate surface area is 151 Å². The normalized spacial score (nSPS) is 13.8. The summed E-state index contributed by atoms with van der Waals surface area (Å²) in [6, 6.07) is 12.2. The van der Waals surface area contributed by atoms with E-state index in [9.17, 15) is 9.90 Å². The molecule has 5 nitrogen and oxygen atoms in total. The number of aromatic nitrogens is 2. The number of hydrogen-bond acceptors (Lipinski definition) is 3. The van der Waals surface area contributed by atoms with Crippen molar-refractivity contribution >= 4 is 23.1 Å². The largest absolute Gasteiger partial charge is 0.481 e. The molecule has 132 valence electrons. The van der Waals surface area contributed by atoms with E-state index in [-0.39, 0.29) is 0 Å². The van der Waals surface area contributed by atoms with Crippen LogP contribution in [0.1, 0.15) is 24.5 Å². The third-order valence-corrected chi connectivity index (χ3v) is 4.98. The molecule has 0 fully saturated rings. The van der Waals surface area contributed by atoms with Crippen LogP contribution in [0.2, 0.25) is 0 Å². The lowest BCUT2D eigenvalue weighted by molar-refractivity contribution is -0.140. The standard InChI is InChI=1S/C21H20N2O3/c1-3-13(21(24)25)8-9-16-19-17(10-11-18(22-19)26-2)23-12-14-6-4-5-7-15(14)20(16)23/h4-11,13H,3,12H2,1-2H3,(H,24,25). The summed E-state index contributed by atoms with van der Waals surface area (Å²) < 4.78 is 7.54. The fourth-order valence-electron chi connectivity index (χ4n) is 3.62. The Kier molecular flexibility index (Phi) is 3.99. The second-order valence-electron chi connectivity index (χ2n) is 6.44. The number of hydrogen-bond donors (Lipinski definition) is 1. The molecule has 0 saturated heterocycles. The van der Waals surface area contributed by atoms with Gasteiger partial charge in [-0.25, -0.2) is 4.98 Å². The summed E-state index contributed by atoms with van der Waals surface area (Å²) in [5.41, 5.74) is 6.34. The van der Waals surface area contributed by atoms with Gasteiger partial charge in [-0.05, 0) is 18.1 Å². The molecule has 1 unspecified atom stereocenters. The highest BCUT2D eigenvalue weighted by Crippen LogP contribution is 2.41. The summed E-state index contributed by atoms with van der Waals surface area (Å²) in [7, 11) is 1.60. The van der Waals surface area contributed by atoms with Gasteiger partial charge in [0.1, 0.15) is 5.52 Å². The number of aliphatic carboxylic acids is 1. The van der Waals surface area contributed by atoms with Crippen molar-refractivity contribution in [1.82, 2.24) is 9.55 Å². The molecule has 1 N–H and O–H groups in total. The van der Waals surface area contributed by atoms with Crippen LogP contribution in [0.25, 0.3) is 28.4 Å². The molecule has 0 spiro atoms. The number of methoxy groups -OCH3 is 1. The van der Waals surface area contributed by atoms with E-state index in [1.807, 2.05) is 37.3 Å². The van der Waals surface area contributed by atoms with Gasteiger partial charge in [-0.2, -0.15) is 0 Å². The zero-order valence-corrected chi connectivity index (χ0v) is 14.8. The summed E-state index contributed by atoms with van der Waals surface area (Å²) in [5, 5.41) is 9.36. The van der Waals surface area contributed by atoms with Gasteiger partial charge in [-0.3, -0.25) is 4.79 Å². The van der Waals surface area contributed by atoms with Gasteiger partial charge in [0, 0.05) is 23.7 Å². The number of pyridine rings is 1. The van der Waals surface area contributed by atoms with Crippen LogP contribution in [0.3, 0.4) is 0 Å². The average Bonchev–Trinajstić information content (AvgIpc) is 3.17. The van der Waals surface area contributed by atoms with Crippen LogP contribution in [-0.4, -0.2) is 27.7 Å². The van der Waals surface area contributed by atoms with E-state index in [0.717, 1.165) is 28.8 Å². The summed E-state index contributed by atoms with van der Waals surface area (Å²) in [5.74, 6) is -0.771. The molecule has 0 bridgehead atoms. The number of nitrogens with zero attached hydrogens (tertiary/aromatic N) is 2. The second-order valence-corrected chi connectivity index (χ2v) is 6.44. The first kappa shape index (κ1) is 16.4. The van der Waals surface area contributed by atoms with Gasteiger partial charge in [0.05, 0.1) is 24.2 Å². The predicted molar refractivity (Wildman–Crippen MR) is 101 cm³/mol. The molecular weight excluding hydrogens is 328 g/mol. The molecule has 26 heavy (non-hydrogen) atoms. The highest BCUT2D eigenvalue weighted by Gasteiger charge is 2.26. The van der Waals surface area contributed by atoms with E-state index in [4.69, 9.17) is 4.74 Å². The molecule has 0 saturated carbocycles. The Hall–Kier alpha value is -3.08. The summed E-state index contributed by atoms with van der Waals surface area (Å²) in [6.07, 6.45) is 4.22. The molecule has 1 aliphatic rings. The number of fused-ring (bicyclic) bond motifs is 5. The maximum Gasteiger partial charge on any atom is 0.310 e. The second kappa shape index (κ2) is 6.33. The fourth-order valence-corrected chi connectivity index (χ4v) is 3.62. The minimum Gasteiger partial charge on any atom is -0.481 e. The molecule has 3 heterocycles. The summed E-state index contributed by atoms with van der Waals surface area (Å²) >= 11 is 0. The molecule has 3 aromatic rings. The van der Waals surface area contributed by atoms with Crippen LogP contribution in [0.4, 0.5) is 0 Å².